The Morgan fingerprint density at radius 3 is 2.20 bits per heavy atom. The van der Waals surface area contributed by atoms with Gasteiger partial charge in [0.25, 0.3) is 5.91 Å². The number of anilines is 1. The topological polar surface area (TPSA) is 76.9 Å². The second kappa shape index (κ2) is 12.0. The molecule has 2 heterocycles. The van der Waals surface area contributed by atoms with Crippen molar-refractivity contribution in [1.29, 1.82) is 0 Å². The molecule has 3 aromatic carbocycles. The monoisotopic (exact) mass is 542 g/mol. The summed E-state index contributed by atoms with van der Waals surface area (Å²) < 4.78 is 26.1. The van der Waals surface area contributed by atoms with E-state index in [1.54, 1.807) is 36.7 Å². The number of rotatable bonds is 8. The number of para-hydroxylation sites is 1. The van der Waals surface area contributed by atoms with Crippen molar-refractivity contribution in [3.63, 3.8) is 0 Å². The van der Waals surface area contributed by atoms with Crippen LogP contribution in [0.5, 0.6) is 5.75 Å². The van der Waals surface area contributed by atoms with Gasteiger partial charge in [-0.3, -0.25) is 4.79 Å². The molecule has 206 valence electrons. The summed E-state index contributed by atoms with van der Waals surface area (Å²) in [5.74, 6) is -0.216. The summed E-state index contributed by atoms with van der Waals surface area (Å²) in [5.41, 5.74) is 3.36. The smallest absolute Gasteiger partial charge is 0.358 e. The Hall–Kier alpha value is -4.66. The predicted molar refractivity (Wildman–Crippen MR) is 150 cm³/mol. The Bertz CT molecular complexity index is 1450. The van der Waals surface area contributed by atoms with Crippen molar-refractivity contribution in [1.82, 2.24) is 14.7 Å². The molecule has 1 saturated heterocycles. The van der Waals surface area contributed by atoms with Gasteiger partial charge in [-0.25, -0.2) is 13.9 Å². The van der Waals surface area contributed by atoms with Gasteiger partial charge in [-0.1, -0.05) is 30.3 Å². The highest BCUT2D eigenvalue weighted by Crippen LogP contribution is 2.28. The molecule has 0 unspecified atom stereocenters. The largest absolute Gasteiger partial charge is 0.481 e. The third-order valence-corrected chi connectivity index (χ3v) is 6.79. The van der Waals surface area contributed by atoms with Crippen molar-refractivity contribution in [2.24, 2.45) is 0 Å². The SMILES string of the molecule is CCOC(=O)c1cc(-c2ccc(N3CCN(C(=O)[C@@H](C)Oc4ccccc4)CC3)cc2)n(-c2ccc(F)cc2)n1. The fraction of sp³-hybridized carbons (Fsp3) is 0.258. The molecule has 1 aromatic heterocycles. The first kappa shape index (κ1) is 26.9. The molecule has 1 atom stereocenters. The highest BCUT2D eigenvalue weighted by Gasteiger charge is 2.26. The van der Waals surface area contributed by atoms with Gasteiger partial charge in [-0.2, -0.15) is 5.10 Å². The van der Waals surface area contributed by atoms with Gasteiger partial charge < -0.3 is 19.3 Å². The van der Waals surface area contributed by atoms with Crippen molar-refractivity contribution in [3.05, 3.63) is 96.4 Å². The van der Waals surface area contributed by atoms with E-state index in [4.69, 9.17) is 9.47 Å². The Morgan fingerprint density at radius 1 is 0.900 bits per heavy atom. The van der Waals surface area contributed by atoms with Crippen LogP contribution in [0.25, 0.3) is 16.9 Å². The van der Waals surface area contributed by atoms with Crippen molar-refractivity contribution in [2.45, 2.75) is 20.0 Å². The molecule has 4 aromatic rings. The number of nitrogens with zero attached hydrogens (tertiary/aromatic N) is 4. The molecule has 0 N–H and O–H groups in total. The lowest BCUT2D eigenvalue weighted by Crippen LogP contribution is -2.52. The van der Waals surface area contributed by atoms with E-state index in [9.17, 15) is 14.0 Å². The molecule has 9 heteroatoms. The first-order valence-corrected chi connectivity index (χ1v) is 13.3. The van der Waals surface area contributed by atoms with Crippen LogP contribution in [0.15, 0.2) is 84.9 Å². The zero-order chi connectivity index (χ0) is 28.1. The van der Waals surface area contributed by atoms with E-state index in [0.29, 0.717) is 43.3 Å². The predicted octanol–water partition coefficient (Wildman–Crippen LogP) is 4.97. The Labute approximate surface area is 232 Å². The molecule has 1 aliphatic rings. The van der Waals surface area contributed by atoms with Gasteiger partial charge in [0.1, 0.15) is 11.6 Å². The van der Waals surface area contributed by atoms with E-state index in [-0.39, 0.29) is 24.0 Å². The van der Waals surface area contributed by atoms with Gasteiger partial charge in [0.2, 0.25) is 0 Å². The lowest BCUT2D eigenvalue weighted by molar-refractivity contribution is -0.138. The van der Waals surface area contributed by atoms with E-state index in [2.05, 4.69) is 10.00 Å². The number of ether oxygens (including phenoxy) is 2. The minimum atomic E-state index is -0.557. The molecule has 5 rings (SSSR count). The second-order valence-electron chi connectivity index (χ2n) is 9.46. The minimum absolute atomic E-state index is 0.0229. The number of carbonyl (C=O) groups excluding carboxylic acids is 2. The molecule has 1 aliphatic heterocycles. The van der Waals surface area contributed by atoms with Crippen LogP contribution in [0, 0.1) is 5.82 Å². The third kappa shape index (κ3) is 5.98. The standard InChI is InChI=1S/C31H31FN4O4/c1-3-39-31(38)28-21-29(36(33-28)26-15-11-24(32)12-16-26)23-9-13-25(14-10-23)34-17-19-35(20-18-34)30(37)22(2)40-27-7-5-4-6-8-27/h4-16,21-22H,3,17-20H2,1-2H3/t22-/m1/s1. The van der Waals surface area contributed by atoms with Crippen molar-refractivity contribution < 1.29 is 23.5 Å². The van der Waals surface area contributed by atoms with Crippen LogP contribution in [0.2, 0.25) is 0 Å². The first-order chi connectivity index (χ1) is 19.4. The summed E-state index contributed by atoms with van der Waals surface area (Å²) in [6, 6.07) is 24.9. The van der Waals surface area contributed by atoms with Crippen LogP contribution < -0.4 is 9.64 Å². The van der Waals surface area contributed by atoms with Gasteiger partial charge in [0.05, 0.1) is 18.0 Å². The normalized spacial score (nSPS) is 14.1. The van der Waals surface area contributed by atoms with Crippen LogP contribution >= 0.6 is 0 Å². The lowest BCUT2D eigenvalue weighted by atomic mass is 10.1. The zero-order valence-corrected chi connectivity index (χ0v) is 22.5. The molecule has 0 bridgehead atoms. The maximum absolute atomic E-state index is 13.5. The van der Waals surface area contributed by atoms with Crippen LogP contribution in [0.1, 0.15) is 24.3 Å². The second-order valence-corrected chi connectivity index (χ2v) is 9.46. The highest BCUT2D eigenvalue weighted by atomic mass is 19.1. The molecule has 0 saturated carbocycles. The average molecular weight is 543 g/mol. The van der Waals surface area contributed by atoms with Crippen LogP contribution in [0.3, 0.4) is 0 Å². The Kier molecular flexibility index (Phi) is 8.10. The number of benzene rings is 3. The zero-order valence-electron chi connectivity index (χ0n) is 22.5. The number of esters is 1. The van der Waals surface area contributed by atoms with Gasteiger partial charge in [0.15, 0.2) is 11.8 Å². The number of aromatic nitrogens is 2. The maximum atomic E-state index is 13.5. The summed E-state index contributed by atoms with van der Waals surface area (Å²) in [5, 5.41) is 4.44. The summed E-state index contributed by atoms with van der Waals surface area (Å²) >= 11 is 0. The van der Waals surface area contributed by atoms with E-state index in [0.717, 1.165) is 11.3 Å². The van der Waals surface area contributed by atoms with Crippen LogP contribution in [-0.2, 0) is 9.53 Å². The van der Waals surface area contributed by atoms with Gasteiger partial charge >= 0.3 is 5.97 Å². The molecule has 1 fully saturated rings. The molecule has 0 radical (unpaired) electrons. The molecule has 8 nitrogen and oxygen atoms in total. The molecule has 1 amide bonds. The Balaban J connectivity index is 1.27. The summed E-state index contributed by atoms with van der Waals surface area (Å²) in [6.45, 7) is 6.36. The van der Waals surface area contributed by atoms with Crippen molar-refractivity contribution in [2.75, 3.05) is 37.7 Å². The van der Waals surface area contributed by atoms with E-state index < -0.39 is 12.1 Å². The number of halogens is 1. The third-order valence-electron chi connectivity index (χ3n) is 6.79. The summed E-state index contributed by atoms with van der Waals surface area (Å²) in [7, 11) is 0. The van der Waals surface area contributed by atoms with E-state index >= 15 is 0 Å². The average Bonchev–Trinajstić information content (AvgIpc) is 3.44. The fourth-order valence-corrected chi connectivity index (χ4v) is 4.71. The van der Waals surface area contributed by atoms with Crippen LogP contribution in [0.4, 0.5) is 10.1 Å². The number of hydrogen-bond acceptors (Lipinski definition) is 6. The Morgan fingerprint density at radius 2 is 1.55 bits per heavy atom. The van der Waals surface area contributed by atoms with Gasteiger partial charge in [-0.15, -0.1) is 0 Å². The lowest BCUT2D eigenvalue weighted by Gasteiger charge is -2.37. The molecular weight excluding hydrogens is 511 g/mol. The van der Waals surface area contributed by atoms with Crippen molar-refractivity contribution in [3.8, 4) is 22.7 Å². The summed E-state index contributed by atoms with van der Waals surface area (Å²) in [4.78, 5) is 29.4. The van der Waals surface area contributed by atoms with E-state index in [1.807, 2.05) is 59.5 Å². The molecular formula is C31H31FN4O4. The first-order valence-electron chi connectivity index (χ1n) is 13.3. The minimum Gasteiger partial charge on any atom is -0.481 e. The van der Waals surface area contributed by atoms with Gasteiger partial charge in [0, 0.05) is 37.4 Å². The maximum Gasteiger partial charge on any atom is 0.358 e. The molecule has 0 spiro atoms. The highest BCUT2D eigenvalue weighted by molar-refractivity contribution is 5.89. The molecule has 40 heavy (non-hydrogen) atoms. The van der Waals surface area contributed by atoms with Gasteiger partial charge in [-0.05, 0) is 68.4 Å². The fourth-order valence-electron chi connectivity index (χ4n) is 4.71. The quantitative estimate of drug-likeness (QED) is 0.293. The number of amides is 1. The summed E-state index contributed by atoms with van der Waals surface area (Å²) in [6.07, 6.45) is -0.557. The molecule has 0 aliphatic carbocycles. The number of carbonyl (C=O) groups is 2. The van der Waals surface area contributed by atoms with Crippen LogP contribution in [-0.4, -0.2) is 65.4 Å². The number of hydrogen-bond donors (Lipinski definition) is 0. The van der Waals surface area contributed by atoms with Crippen molar-refractivity contribution >= 4 is 17.6 Å². The number of piperazine rings is 1. The van der Waals surface area contributed by atoms with E-state index in [1.165, 1.54) is 12.1 Å².